The van der Waals surface area contributed by atoms with Gasteiger partial charge in [0.05, 0.1) is 0 Å². The molecule has 1 atom stereocenters. The molecular weight excluding hydrogens is 539 g/mol. The van der Waals surface area contributed by atoms with Gasteiger partial charge in [-0.1, -0.05) is 0 Å². The molecule has 188 valence electrons. The van der Waals surface area contributed by atoms with E-state index in [1.165, 1.54) is 63.2 Å². The summed E-state index contributed by atoms with van der Waals surface area (Å²) in [6.07, 6.45) is 9.65. The van der Waals surface area contributed by atoms with E-state index in [0.717, 1.165) is 5.56 Å². The predicted molar refractivity (Wildman–Crippen MR) is 155 cm³/mol. The molecule has 34 heavy (non-hydrogen) atoms. The number of hydrogen-bond acceptors (Lipinski definition) is 2. The summed E-state index contributed by atoms with van der Waals surface area (Å²) in [5.41, 5.74) is 0.894. The normalized spacial score (nSPS) is 13.7. The molecule has 2 rings (SSSR count). The molecule has 3 heteroatoms. The summed E-state index contributed by atoms with van der Waals surface area (Å²) in [4.78, 5) is 15.3. The molecule has 0 aliphatic heterocycles. The number of thioether (sulfide) groups is 1. The molecule has 0 spiro atoms. The first kappa shape index (κ1) is 29.5. The minimum atomic E-state index is -2.86. The topological polar surface area (TPSA) is 17.1 Å². The molecule has 2 aromatic rings. The zero-order valence-electron chi connectivity index (χ0n) is 22.4. The van der Waals surface area contributed by atoms with Gasteiger partial charge in [0, 0.05) is 0 Å². The maximum absolute atomic E-state index is 13.9. The number of Topliss-reactive ketones (excluding diaryl/α,β-unsaturated/α-hetero) is 1. The molecule has 0 heterocycles. The van der Waals surface area contributed by atoms with E-state index in [2.05, 4.69) is 76.7 Å². The van der Waals surface area contributed by atoms with E-state index < -0.39 is 18.4 Å². The second-order valence-corrected chi connectivity index (χ2v) is 27.4. The first-order valence-electron chi connectivity index (χ1n) is 13.7. The van der Waals surface area contributed by atoms with Gasteiger partial charge in [0.1, 0.15) is 0 Å². The van der Waals surface area contributed by atoms with Gasteiger partial charge in [0.15, 0.2) is 0 Å². The minimum absolute atomic E-state index is 0.0939. The molecule has 1 unspecified atom stereocenters. The summed E-state index contributed by atoms with van der Waals surface area (Å²) in [6, 6.07) is 21.1. The van der Waals surface area contributed by atoms with Gasteiger partial charge >= 0.3 is 220 Å². The van der Waals surface area contributed by atoms with Crippen LogP contribution in [0.3, 0.4) is 0 Å². The fourth-order valence-electron chi connectivity index (χ4n) is 5.63. The summed E-state index contributed by atoms with van der Waals surface area (Å²) in [7, 11) is 0. The van der Waals surface area contributed by atoms with Crippen molar-refractivity contribution in [3.8, 4) is 0 Å². The SMILES string of the molecule is CCC[CH2][Sn]([CH2]CCC)([CH2]CCC)[C](CC(=O)c1ccccc1)(CC(C)C)Sc1ccccc1. The molecular formula is C31H48OSSn. The molecule has 0 amide bonds. The maximum atomic E-state index is 13.9. The number of ketones is 1. The van der Waals surface area contributed by atoms with Crippen molar-refractivity contribution >= 4 is 35.9 Å². The van der Waals surface area contributed by atoms with Crippen molar-refractivity contribution in [2.45, 2.75) is 107 Å². The van der Waals surface area contributed by atoms with Gasteiger partial charge in [-0.05, 0) is 0 Å². The van der Waals surface area contributed by atoms with Crippen molar-refractivity contribution in [3.05, 3.63) is 66.2 Å². The second kappa shape index (κ2) is 15.4. The number of carbonyl (C=O) groups is 1. The van der Waals surface area contributed by atoms with Gasteiger partial charge in [0.2, 0.25) is 0 Å². The van der Waals surface area contributed by atoms with E-state index in [1.807, 2.05) is 30.3 Å². The van der Waals surface area contributed by atoms with Crippen LogP contribution >= 0.6 is 11.8 Å². The Hall–Kier alpha value is -0.741. The third kappa shape index (κ3) is 8.43. The number of benzene rings is 2. The molecule has 0 N–H and O–H groups in total. The summed E-state index contributed by atoms with van der Waals surface area (Å²) in [6.45, 7) is 11.8. The van der Waals surface area contributed by atoms with Crippen molar-refractivity contribution in [1.82, 2.24) is 0 Å². The second-order valence-electron chi connectivity index (χ2n) is 10.6. The van der Waals surface area contributed by atoms with E-state index in [9.17, 15) is 4.79 Å². The summed E-state index contributed by atoms with van der Waals surface area (Å²) < 4.78 is 4.38. The molecule has 1 nitrogen and oxygen atoms in total. The molecule has 0 radical (unpaired) electrons. The van der Waals surface area contributed by atoms with Crippen molar-refractivity contribution in [2.75, 3.05) is 0 Å². The number of hydrogen-bond donors (Lipinski definition) is 0. The van der Waals surface area contributed by atoms with Crippen LogP contribution in [-0.2, 0) is 0 Å². The summed E-state index contributed by atoms with van der Waals surface area (Å²) >= 11 is -0.740. The molecule has 0 bridgehead atoms. The van der Waals surface area contributed by atoms with Crippen LogP contribution in [0.4, 0.5) is 0 Å². The summed E-state index contributed by atoms with van der Waals surface area (Å²) in [5, 5.41) is 0. The van der Waals surface area contributed by atoms with Crippen molar-refractivity contribution in [3.63, 3.8) is 0 Å². The van der Waals surface area contributed by atoms with E-state index >= 15 is 0 Å². The number of rotatable bonds is 17. The van der Waals surface area contributed by atoms with E-state index in [-0.39, 0.29) is 2.76 Å². The fourth-order valence-corrected chi connectivity index (χ4v) is 30.9. The molecule has 2 aromatic carbocycles. The van der Waals surface area contributed by atoms with Crippen LogP contribution in [0, 0.1) is 5.92 Å². The van der Waals surface area contributed by atoms with Gasteiger partial charge in [-0.15, -0.1) is 0 Å². The molecule has 0 aromatic heterocycles. The molecule has 0 saturated carbocycles. The Balaban J connectivity index is 2.68. The molecule has 0 aliphatic rings. The third-order valence-corrected chi connectivity index (χ3v) is 30.1. The fraction of sp³-hybridized carbons (Fsp3) is 0.581. The van der Waals surface area contributed by atoms with Gasteiger partial charge in [0.25, 0.3) is 0 Å². The molecule has 0 aliphatic carbocycles. The van der Waals surface area contributed by atoms with Crippen molar-refractivity contribution in [1.29, 1.82) is 0 Å². The molecule has 0 fully saturated rings. The Morgan fingerprint density at radius 2 is 1.26 bits per heavy atom. The Morgan fingerprint density at radius 3 is 1.71 bits per heavy atom. The van der Waals surface area contributed by atoms with Gasteiger partial charge in [-0.3, -0.25) is 0 Å². The third-order valence-electron chi connectivity index (χ3n) is 7.33. The zero-order chi connectivity index (χ0) is 24.9. The summed E-state index contributed by atoms with van der Waals surface area (Å²) in [5.74, 6) is 0.941. The van der Waals surface area contributed by atoms with Gasteiger partial charge in [-0.2, -0.15) is 0 Å². The quantitative estimate of drug-likeness (QED) is 0.104. The standard InChI is InChI=1S/C19H21OS.3C4H9.Sn/c1-15(2)13-18(21-17-11-7-4-8-12-17)14-19(20)16-9-5-3-6-10-16;3*1-3-4-2;/h3-12,15H,13-14H2,1-2H3;3*1,3-4H2,2H3;. The zero-order valence-corrected chi connectivity index (χ0v) is 26.1. The van der Waals surface area contributed by atoms with Crippen molar-refractivity contribution < 1.29 is 4.79 Å². The molecule has 0 saturated heterocycles. The Labute approximate surface area is 218 Å². The number of unbranched alkanes of at least 4 members (excludes halogenated alkanes) is 3. The van der Waals surface area contributed by atoms with Crippen LogP contribution in [-0.4, -0.2) is 26.9 Å². The van der Waals surface area contributed by atoms with Crippen LogP contribution in [0.2, 0.25) is 13.3 Å². The number of carbonyl (C=O) groups excluding carboxylic acids is 1. The monoisotopic (exact) mass is 588 g/mol. The van der Waals surface area contributed by atoms with Gasteiger partial charge in [-0.25, -0.2) is 0 Å². The Morgan fingerprint density at radius 1 is 0.794 bits per heavy atom. The van der Waals surface area contributed by atoms with Crippen LogP contribution < -0.4 is 0 Å². The van der Waals surface area contributed by atoms with E-state index in [1.54, 1.807) is 0 Å². The predicted octanol–water partition coefficient (Wildman–Crippen LogP) is 10.2. The van der Waals surface area contributed by atoms with Crippen LogP contribution in [0.1, 0.15) is 96.3 Å². The van der Waals surface area contributed by atoms with E-state index in [0.29, 0.717) is 18.1 Å². The Kier molecular flexibility index (Phi) is 13.3. The first-order valence-corrected chi connectivity index (χ1v) is 22.0. The van der Waals surface area contributed by atoms with E-state index in [4.69, 9.17) is 0 Å². The van der Waals surface area contributed by atoms with Crippen molar-refractivity contribution in [2.24, 2.45) is 5.92 Å². The van der Waals surface area contributed by atoms with Crippen LogP contribution in [0.15, 0.2) is 65.6 Å². The first-order chi connectivity index (χ1) is 16.4. The van der Waals surface area contributed by atoms with Crippen LogP contribution in [0.5, 0.6) is 0 Å². The average Bonchev–Trinajstić information content (AvgIpc) is 2.84. The Bertz CT molecular complexity index is 798. The van der Waals surface area contributed by atoms with Gasteiger partial charge < -0.3 is 0 Å². The van der Waals surface area contributed by atoms with Crippen LogP contribution in [0.25, 0.3) is 0 Å². The average molecular weight is 588 g/mol.